The van der Waals surface area contributed by atoms with Crippen LogP contribution < -0.4 is 15.4 Å². The summed E-state index contributed by atoms with van der Waals surface area (Å²) in [5.41, 5.74) is 4.14. The Balaban J connectivity index is 0.000000293. The van der Waals surface area contributed by atoms with Gasteiger partial charge in [0.25, 0.3) is 5.91 Å². The Morgan fingerprint density at radius 1 is 1.03 bits per heavy atom. The van der Waals surface area contributed by atoms with Crippen LogP contribution in [0.15, 0.2) is 54.7 Å². The summed E-state index contributed by atoms with van der Waals surface area (Å²) >= 11 is 5.72. The van der Waals surface area contributed by atoms with Gasteiger partial charge in [-0.25, -0.2) is 4.79 Å². The summed E-state index contributed by atoms with van der Waals surface area (Å²) < 4.78 is 44.3. The summed E-state index contributed by atoms with van der Waals surface area (Å²) in [6, 6.07) is 10.9. The number of nitrogens with zero attached hydrogens (tertiary/aromatic N) is 4. The molecular weight excluding hydrogens is 543 g/mol. The third kappa shape index (κ3) is 7.13. The summed E-state index contributed by atoms with van der Waals surface area (Å²) in [4.78, 5) is 37.6. The van der Waals surface area contributed by atoms with E-state index in [1.165, 1.54) is 42.5 Å². The van der Waals surface area contributed by atoms with Crippen LogP contribution in [0.25, 0.3) is 0 Å². The molecule has 0 unspecified atom stereocenters. The Morgan fingerprint density at radius 2 is 1.69 bits per heavy atom. The first-order valence-electron chi connectivity index (χ1n) is 11.3. The molecule has 206 valence electrons. The number of halogens is 4. The second-order valence-electron chi connectivity index (χ2n) is 8.10. The number of carboxylic acids is 1. The van der Waals surface area contributed by atoms with E-state index in [9.17, 15) is 32.7 Å². The molecule has 3 N–H and O–H groups in total. The Hall–Kier alpha value is -4.39. The molecular formula is C25H23ClF3N5O5. The lowest BCUT2D eigenvalue weighted by Crippen LogP contribution is -2.49. The molecule has 2 amide bonds. The highest BCUT2D eigenvalue weighted by Crippen LogP contribution is 2.32. The zero-order valence-corrected chi connectivity index (χ0v) is 21.2. The second-order valence-corrected chi connectivity index (χ2v) is 8.51. The minimum absolute atomic E-state index is 0.159. The van der Waals surface area contributed by atoms with Gasteiger partial charge >= 0.3 is 12.1 Å². The summed E-state index contributed by atoms with van der Waals surface area (Å²) in [5.74, 6) is -1.86. The number of primary amides is 1. The predicted octanol–water partition coefficient (Wildman–Crippen LogP) is 3.60. The van der Waals surface area contributed by atoms with Crippen molar-refractivity contribution < 1.29 is 37.4 Å². The number of piperazine rings is 1. The molecule has 39 heavy (non-hydrogen) atoms. The quantitative estimate of drug-likeness (QED) is 0.478. The smallest absolute Gasteiger partial charge is 0.417 e. The molecule has 1 aromatic heterocycles. The van der Waals surface area contributed by atoms with Crippen LogP contribution in [0.1, 0.15) is 36.8 Å². The molecule has 2 aromatic carbocycles. The molecule has 4 rings (SSSR count). The van der Waals surface area contributed by atoms with Gasteiger partial charge in [-0.2, -0.15) is 18.3 Å². The number of methoxy groups -OCH3 is 1. The molecule has 2 heterocycles. The average molecular weight is 566 g/mol. The number of aromatic carboxylic acids is 1. The van der Waals surface area contributed by atoms with Gasteiger partial charge in [-0.1, -0.05) is 23.7 Å². The number of nitrogens with two attached hydrogens (primary N) is 1. The molecule has 0 spiro atoms. The number of carbonyl (C=O) groups is 3. The van der Waals surface area contributed by atoms with E-state index in [0.717, 1.165) is 12.1 Å². The molecule has 0 bridgehead atoms. The van der Waals surface area contributed by atoms with Crippen LogP contribution >= 0.6 is 11.6 Å². The first-order chi connectivity index (χ1) is 18.4. The van der Waals surface area contributed by atoms with E-state index < -0.39 is 35.1 Å². The fourth-order valence-corrected chi connectivity index (χ4v) is 4.06. The lowest BCUT2D eigenvalue weighted by atomic mass is 10.1. The van der Waals surface area contributed by atoms with Crippen LogP contribution in [-0.4, -0.2) is 71.3 Å². The van der Waals surface area contributed by atoms with E-state index >= 15 is 0 Å². The molecule has 1 aliphatic heterocycles. The Labute approximate surface area is 225 Å². The van der Waals surface area contributed by atoms with Gasteiger partial charge in [0.2, 0.25) is 5.91 Å². The van der Waals surface area contributed by atoms with E-state index in [2.05, 4.69) is 10.2 Å². The molecule has 0 saturated carbocycles. The SMILES string of the molecule is COc1ccc(C(N)=O)c(Cl)c1.O=C(O)c1nnccc1N1CCN(C(=O)c2ccccc2C(F)(F)F)CC1. The normalized spacial score (nSPS) is 13.3. The fourth-order valence-electron chi connectivity index (χ4n) is 3.79. The zero-order valence-electron chi connectivity index (χ0n) is 20.5. The predicted molar refractivity (Wildman–Crippen MR) is 135 cm³/mol. The number of rotatable bonds is 5. The van der Waals surface area contributed by atoms with Gasteiger partial charge in [-0.3, -0.25) is 9.59 Å². The van der Waals surface area contributed by atoms with Gasteiger partial charge in [0.05, 0.1) is 40.7 Å². The monoisotopic (exact) mass is 565 g/mol. The van der Waals surface area contributed by atoms with E-state index in [1.807, 2.05) is 0 Å². The van der Waals surface area contributed by atoms with Crippen LogP contribution in [-0.2, 0) is 6.18 Å². The Bertz CT molecular complexity index is 1360. The van der Waals surface area contributed by atoms with Crippen LogP contribution in [0.5, 0.6) is 5.75 Å². The summed E-state index contributed by atoms with van der Waals surface area (Å²) in [6.07, 6.45) is -3.26. The standard InChI is InChI=1S/C17H15F3N4O3.C8H8ClNO2/c18-17(19,20)12-4-2-1-3-11(12)15(25)24-9-7-23(8-10-24)13-5-6-21-22-14(13)16(26)27;1-12-5-2-3-6(8(10)11)7(9)4-5/h1-6H,7-10H2,(H,26,27);2-4H,1H3,(H2,10,11). The number of hydrogen-bond donors (Lipinski definition) is 2. The van der Waals surface area contributed by atoms with Gasteiger partial charge in [0.15, 0.2) is 5.69 Å². The molecule has 0 aliphatic carbocycles. The molecule has 1 aliphatic rings. The molecule has 1 fully saturated rings. The molecule has 14 heteroatoms. The van der Waals surface area contributed by atoms with Crippen molar-refractivity contribution in [2.24, 2.45) is 5.73 Å². The number of alkyl halides is 3. The molecule has 0 atom stereocenters. The van der Waals surface area contributed by atoms with Gasteiger partial charge in [-0.05, 0) is 36.4 Å². The van der Waals surface area contributed by atoms with Gasteiger partial charge in [-0.15, -0.1) is 5.10 Å². The van der Waals surface area contributed by atoms with Gasteiger partial charge < -0.3 is 25.4 Å². The minimum Gasteiger partial charge on any atom is -0.497 e. The molecule has 1 saturated heterocycles. The average Bonchev–Trinajstić information content (AvgIpc) is 2.92. The van der Waals surface area contributed by atoms with Crippen molar-refractivity contribution in [1.82, 2.24) is 15.1 Å². The number of benzene rings is 2. The van der Waals surface area contributed by atoms with Crippen molar-refractivity contribution in [2.45, 2.75) is 6.18 Å². The van der Waals surface area contributed by atoms with E-state index in [-0.39, 0.29) is 31.9 Å². The van der Waals surface area contributed by atoms with E-state index in [4.69, 9.17) is 22.1 Å². The third-order valence-corrected chi connectivity index (χ3v) is 6.03. The van der Waals surface area contributed by atoms with Crippen LogP contribution in [0.3, 0.4) is 0 Å². The molecule has 10 nitrogen and oxygen atoms in total. The van der Waals surface area contributed by atoms with Crippen molar-refractivity contribution in [1.29, 1.82) is 0 Å². The lowest BCUT2D eigenvalue weighted by Gasteiger charge is -2.36. The molecule has 0 radical (unpaired) electrons. The highest BCUT2D eigenvalue weighted by molar-refractivity contribution is 6.33. The summed E-state index contributed by atoms with van der Waals surface area (Å²) in [5, 5.41) is 16.6. The maximum Gasteiger partial charge on any atom is 0.417 e. The van der Waals surface area contributed by atoms with Gasteiger partial charge in [0.1, 0.15) is 5.75 Å². The number of aromatic nitrogens is 2. The van der Waals surface area contributed by atoms with Crippen LogP contribution in [0.2, 0.25) is 5.02 Å². The van der Waals surface area contributed by atoms with Gasteiger partial charge in [0, 0.05) is 26.2 Å². The number of carbonyl (C=O) groups excluding carboxylic acids is 2. The maximum absolute atomic E-state index is 13.1. The van der Waals surface area contributed by atoms with E-state index in [0.29, 0.717) is 22.0 Å². The van der Waals surface area contributed by atoms with Crippen molar-refractivity contribution in [2.75, 3.05) is 38.2 Å². The Morgan fingerprint density at radius 3 is 2.26 bits per heavy atom. The topological polar surface area (TPSA) is 139 Å². The largest absolute Gasteiger partial charge is 0.497 e. The maximum atomic E-state index is 13.1. The van der Waals surface area contributed by atoms with E-state index in [1.54, 1.807) is 17.0 Å². The highest BCUT2D eigenvalue weighted by Gasteiger charge is 2.36. The van der Waals surface area contributed by atoms with Crippen LogP contribution in [0, 0.1) is 0 Å². The van der Waals surface area contributed by atoms with Crippen molar-refractivity contribution >= 4 is 35.1 Å². The number of amides is 2. The lowest BCUT2D eigenvalue weighted by molar-refractivity contribution is -0.138. The third-order valence-electron chi connectivity index (χ3n) is 5.71. The second kappa shape index (κ2) is 12.4. The minimum atomic E-state index is -4.62. The zero-order chi connectivity index (χ0) is 28.7. The number of ether oxygens (including phenoxy) is 1. The summed E-state index contributed by atoms with van der Waals surface area (Å²) in [7, 11) is 1.52. The summed E-state index contributed by atoms with van der Waals surface area (Å²) in [6.45, 7) is 0.858. The number of anilines is 1. The van der Waals surface area contributed by atoms with Crippen LogP contribution in [0.4, 0.5) is 18.9 Å². The number of hydrogen-bond acceptors (Lipinski definition) is 7. The fraction of sp³-hybridized carbons (Fsp3) is 0.240. The molecule has 3 aromatic rings. The van der Waals surface area contributed by atoms with Crippen molar-refractivity contribution in [3.05, 3.63) is 82.1 Å². The first kappa shape index (κ1) is 29.2. The number of carboxylic acid groups (broad SMARTS) is 1. The van der Waals surface area contributed by atoms with Crippen molar-refractivity contribution in [3.63, 3.8) is 0 Å². The Kier molecular flexibility index (Phi) is 9.30. The highest BCUT2D eigenvalue weighted by atomic mass is 35.5. The van der Waals surface area contributed by atoms with Crippen molar-refractivity contribution in [3.8, 4) is 5.75 Å². The first-order valence-corrected chi connectivity index (χ1v) is 11.7.